The van der Waals surface area contributed by atoms with Crippen LogP contribution >= 0.6 is 0 Å². The summed E-state index contributed by atoms with van der Waals surface area (Å²) in [6.07, 6.45) is 2.79. The first-order chi connectivity index (χ1) is 6.36. The van der Waals surface area contributed by atoms with E-state index in [1.165, 1.54) is 52.1 Å². The van der Waals surface area contributed by atoms with Crippen LogP contribution in [0.3, 0.4) is 0 Å². The maximum Gasteiger partial charge on any atom is 0.0224 e. The lowest BCUT2D eigenvalue weighted by atomic mass is 10.0. The third-order valence-corrected chi connectivity index (χ3v) is 3.27. The molecule has 2 aliphatic rings. The van der Waals surface area contributed by atoms with Crippen molar-refractivity contribution < 1.29 is 0 Å². The van der Waals surface area contributed by atoms with Crippen molar-refractivity contribution in [3.8, 4) is 0 Å². The standard InChI is InChI=1S/C10H21N3/c1-12-6-2-3-10(9-12)13-7-4-11-5-8-13/h10-11H,2-9H2,1H3/t10-/m1/s1. The smallest absolute Gasteiger partial charge is 0.0224 e. The predicted octanol–water partition coefficient (Wildman–Crippen LogP) is -0.0142. The highest BCUT2D eigenvalue weighted by atomic mass is 15.2. The highest BCUT2D eigenvalue weighted by molar-refractivity contribution is 4.81. The quantitative estimate of drug-likeness (QED) is 0.616. The molecule has 0 spiro atoms. The third-order valence-electron chi connectivity index (χ3n) is 3.27. The van der Waals surface area contributed by atoms with E-state index in [1.807, 2.05) is 0 Å². The van der Waals surface area contributed by atoms with E-state index in [4.69, 9.17) is 0 Å². The Balaban J connectivity index is 1.83. The summed E-state index contributed by atoms with van der Waals surface area (Å²) >= 11 is 0. The molecule has 0 unspecified atom stereocenters. The van der Waals surface area contributed by atoms with Crippen LogP contribution in [0.25, 0.3) is 0 Å². The first-order valence-electron chi connectivity index (χ1n) is 5.49. The van der Waals surface area contributed by atoms with Gasteiger partial charge < -0.3 is 10.2 Å². The van der Waals surface area contributed by atoms with E-state index in [2.05, 4.69) is 22.2 Å². The Morgan fingerprint density at radius 2 is 1.92 bits per heavy atom. The molecule has 0 radical (unpaired) electrons. The molecule has 1 atom stereocenters. The molecule has 2 aliphatic heterocycles. The summed E-state index contributed by atoms with van der Waals surface area (Å²) in [6, 6.07) is 0.834. The molecule has 0 aromatic heterocycles. The fraction of sp³-hybridized carbons (Fsp3) is 1.00. The van der Waals surface area contributed by atoms with E-state index < -0.39 is 0 Å². The van der Waals surface area contributed by atoms with Crippen molar-refractivity contribution in [2.45, 2.75) is 18.9 Å². The lowest BCUT2D eigenvalue weighted by molar-refractivity contribution is 0.101. The topological polar surface area (TPSA) is 18.5 Å². The van der Waals surface area contributed by atoms with Gasteiger partial charge in [-0.05, 0) is 26.4 Å². The first kappa shape index (κ1) is 9.44. The van der Waals surface area contributed by atoms with Gasteiger partial charge in [-0.1, -0.05) is 0 Å². The van der Waals surface area contributed by atoms with E-state index in [1.54, 1.807) is 0 Å². The van der Waals surface area contributed by atoms with Crippen LogP contribution in [-0.2, 0) is 0 Å². The van der Waals surface area contributed by atoms with E-state index >= 15 is 0 Å². The lowest BCUT2D eigenvalue weighted by Gasteiger charge is -2.39. The lowest BCUT2D eigenvalue weighted by Crippen LogP contribution is -2.53. The van der Waals surface area contributed by atoms with E-state index in [-0.39, 0.29) is 0 Å². The van der Waals surface area contributed by atoms with Gasteiger partial charge in [0, 0.05) is 38.8 Å². The molecule has 0 saturated carbocycles. The maximum atomic E-state index is 3.41. The molecule has 2 rings (SSSR count). The van der Waals surface area contributed by atoms with Crippen LogP contribution in [-0.4, -0.2) is 62.2 Å². The number of piperidine rings is 1. The van der Waals surface area contributed by atoms with Crippen LogP contribution in [0.4, 0.5) is 0 Å². The van der Waals surface area contributed by atoms with Crippen LogP contribution in [0.2, 0.25) is 0 Å². The zero-order valence-corrected chi connectivity index (χ0v) is 8.63. The monoisotopic (exact) mass is 183 g/mol. The van der Waals surface area contributed by atoms with Gasteiger partial charge in [-0.2, -0.15) is 0 Å². The van der Waals surface area contributed by atoms with Gasteiger partial charge in [0.25, 0.3) is 0 Å². The minimum Gasteiger partial charge on any atom is -0.314 e. The molecule has 13 heavy (non-hydrogen) atoms. The van der Waals surface area contributed by atoms with Gasteiger partial charge in [0.2, 0.25) is 0 Å². The zero-order valence-electron chi connectivity index (χ0n) is 8.63. The largest absolute Gasteiger partial charge is 0.314 e. The maximum absolute atomic E-state index is 3.41. The van der Waals surface area contributed by atoms with Crippen LogP contribution < -0.4 is 5.32 Å². The molecule has 3 heteroatoms. The molecule has 0 aromatic rings. The summed E-state index contributed by atoms with van der Waals surface area (Å²) in [5.41, 5.74) is 0. The molecule has 0 amide bonds. The Kier molecular flexibility index (Phi) is 3.19. The summed E-state index contributed by atoms with van der Waals surface area (Å²) < 4.78 is 0. The highest BCUT2D eigenvalue weighted by Gasteiger charge is 2.24. The van der Waals surface area contributed by atoms with Crippen molar-refractivity contribution in [2.24, 2.45) is 0 Å². The SMILES string of the molecule is CN1CCC[C@@H](N2CCNCC2)C1. The Hall–Kier alpha value is -0.120. The zero-order chi connectivity index (χ0) is 9.10. The summed E-state index contributed by atoms with van der Waals surface area (Å²) in [4.78, 5) is 5.13. The molecule has 2 saturated heterocycles. The molecular weight excluding hydrogens is 162 g/mol. The Labute approximate surface area is 81.1 Å². The van der Waals surface area contributed by atoms with E-state index in [0.29, 0.717) is 0 Å². The van der Waals surface area contributed by atoms with Crippen molar-refractivity contribution in [3.05, 3.63) is 0 Å². The fourth-order valence-electron chi connectivity index (χ4n) is 2.48. The van der Waals surface area contributed by atoms with Gasteiger partial charge >= 0.3 is 0 Å². The molecule has 0 bridgehead atoms. The number of likely N-dealkylation sites (tertiary alicyclic amines) is 1. The van der Waals surface area contributed by atoms with Crippen LogP contribution in [0, 0.1) is 0 Å². The minimum absolute atomic E-state index is 0.834. The predicted molar refractivity (Wildman–Crippen MR) is 55.0 cm³/mol. The molecule has 0 aromatic carbocycles. The highest BCUT2D eigenvalue weighted by Crippen LogP contribution is 2.14. The van der Waals surface area contributed by atoms with Gasteiger partial charge in [0.05, 0.1) is 0 Å². The number of rotatable bonds is 1. The summed E-state index contributed by atoms with van der Waals surface area (Å²) in [5, 5.41) is 3.41. The molecule has 0 aliphatic carbocycles. The Bertz CT molecular complexity index is 154. The van der Waals surface area contributed by atoms with Gasteiger partial charge in [-0.25, -0.2) is 0 Å². The minimum atomic E-state index is 0.834. The molecule has 2 fully saturated rings. The fourth-order valence-corrected chi connectivity index (χ4v) is 2.48. The summed E-state index contributed by atoms with van der Waals surface area (Å²) in [7, 11) is 2.24. The Morgan fingerprint density at radius 3 is 2.62 bits per heavy atom. The molecule has 3 nitrogen and oxygen atoms in total. The normalized spacial score (nSPS) is 33.5. The van der Waals surface area contributed by atoms with Crippen molar-refractivity contribution in [2.75, 3.05) is 46.3 Å². The Morgan fingerprint density at radius 1 is 1.15 bits per heavy atom. The first-order valence-corrected chi connectivity index (χ1v) is 5.49. The second-order valence-corrected chi connectivity index (χ2v) is 4.34. The molecular formula is C10H21N3. The second-order valence-electron chi connectivity index (χ2n) is 4.34. The molecule has 76 valence electrons. The number of piperazine rings is 1. The van der Waals surface area contributed by atoms with Crippen LogP contribution in [0.5, 0.6) is 0 Å². The van der Waals surface area contributed by atoms with E-state index in [9.17, 15) is 0 Å². The number of likely N-dealkylation sites (N-methyl/N-ethyl adjacent to an activating group) is 1. The number of nitrogens with one attached hydrogen (secondary N) is 1. The summed E-state index contributed by atoms with van der Waals surface area (Å²) in [6.45, 7) is 7.43. The van der Waals surface area contributed by atoms with Crippen LogP contribution in [0.15, 0.2) is 0 Å². The van der Waals surface area contributed by atoms with Crippen molar-refractivity contribution in [1.29, 1.82) is 0 Å². The summed E-state index contributed by atoms with van der Waals surface area (Å²) in [5.74, 6) is 0. The third kappa shape index (κ3) is 2.42. The molecule has 1 N–H and O–H groups in total. The van der Waals surface area contributed by atoms with Gasteiger partial charge in [0.1, 0.15) is 0 Å². The van der Waals surface area contributed by atoms with Gasteiger partial charge in [0.15, 0.2) is 0 Å². The number of hydrogen-bond acceptors (Lipinski definition) is 3. The van der Waals surface area contributed by atoms with Crippen molar-refractivity contribution in [1.82, 2.24) is 15.1 Å². The van der Waals surface area contributed by atoms with Crippen molar-refractivity contribution >= 4 is 0 Å². The van der Waals surface area contributed by atoms with Crippen LogP contribution in [0.1, 0.15) is 12.8 Å². The average molecular weight is 183 g/mol. The van der Waals surface area contributed by atoms with Gasteiger partial charge in [-0.3, -0.25) is 4.90 Å². The number of hydrogen-bond donors (Lipinski definition) is 1. The van der Waals surface area contributed by atoms with Gasteiger partial charge in [-0.15, -0.1) is 0 Å². The number of nitrogens with zero attached hydrogens (tertiary/aromatic N) is 2. The van der Waals surface area contributed by atoms with Crippen molar-refractivity contribution in [3.63, 3.8) is 0 Å². The second kappa shape index (κ2) is 4.40. The average Bonchev–Trinajstić information content (AvgIpc) is 2.19. The van der Waals surface area contributed by atoms with E-state index in [0.717, 1.165) is 6.04 Å². The molecule has 2 heterocycles.